The van der Waals surface area contributed by atoms with Crippen molar-refractivity contribution in [3.63, 3.8) is 0 Å². The van der Waals surface area contributed by atoms with E-state index in [9.17, 15) is 18.0 Å². The molecular weight excluding hydrogens is 487 g/mol. The maximum atomic E-state index is 13.4. The second kappa shape index (κ2) is 10.0. The molecule has 2 aliphatic rings. The number of halogens is 3. The van der Waals surface area contributed by atoms with Gasteiger partial charge in [0.2, 0.25) is 5.91 Å². The van der Waals surface area contributed by atoms with Crippen LogP contribution in [0.3, 0.4) is 0 Å². The van der Waals surface area contributed by atoms with Crippen molar-refractivity contribution in [3.8, 4) is 5.75 Å². The van der Waals surface area contributed by atoms with Gasteiger partial charge in [-0.3, -0.25) is 4.79 Å². The van der Waals surface area contributed by atoms with Crippen molar-refractivity contribution in [2.24, 2.45) is 5.92 Å². The summed E-state index contributed by atoms with van der Waals surface area (Å²) in [4.78, 5) is 19.0. The van der Waals surface area contributed by atoms with E-state index in [0.717, 1.165) is 29.6 Å². The maximum absolute atomic E-state index is 13.4. The number of alkyl halides is 3. The average Bonchev–Trinajstić information content (AvgIpc) is 3.40. The number of piperazine rings is 1. The molecule has 0 saturated carbocycles. The van der Waals surface area contributed by atoms with E-state index in [-0.39, 0.29) is 18.4 Å². The summed E-state index contributed by atoms with van der Waals surface area (Å²) in [6.45, 7) is 2.43. The van der Waals surface area contributed by atoms with E-state index in [4.69, 9.17) is 4.74 Å². The molecule has 1 fully saturated rings. The number of hydrogen-bond donors (Lipinski definition) is 1. The molecule has 1 N–H and O–H groups in total. The van der Waals surface area contributed by atoms with E-state index in [0.29, 0.717) is 31.7 Å². The molecule has 0 bridgehead atoms. The standard InChI is InChI=1S/C27H28F3N3O2S/c1-35-21-7-5-20(6-8-21)32-12-13-33-24-9-4-19(27(28,29)30)15-18(24)16-23(25(33)17-32)26(34)31-11-10-22-3-2-14-36-22/h2-9,14-15,23,25H,10-13,16-17H2,1H3,(H,31,34)/t23-,25-/m0/s1. The molecule has 190 valence electrons. The predicted octanol–water partition coefficient (Wildman–Crippen LogP) is 5.00. The van der Waals surface area contributed by atoms with Crippen LogP contribution in [0.1, 0.15) is 16.0 Å². The molecule has 36 heavy (non-hydrogen) atoms. The van der Waals surface area contributed by atoms with Crippen LogP contribution < -0.4 is 19.9 Å². The first kappa shape index (κ1) is 24.5. The summed E-state index contributed by atoms with van der Waals surface area (Å²) in [6.07, 6.45) is -3.41. The second-order valence-electron chi connectivity index (χ2n) is 9.18. The van der Waals surface area contributed by atoms with E-state index in [2.05, 4.69) is 15.1 Å². The molecule has 0 spiro atoms. The number of anilines is 2. The molecule has 1 amide bonds. The summed E-state index contributed by atoms with van der Waals surface area (Å²) in [5.41, 5.74) is 1.74. The minimum absolute atomic E-state index is 0.110. The van der Waals surface area contributed by atoms with Crippen molar-refractivity contribution < 1.29 is 22.7 Å². The molecule has 5 nitrogen and oxygen atoms in total. The first-order valence-corrected chi connectivity index (χ1v) is 12.9. The number of thiophene rings is 1. The Morgan fingerprint density at radius 1 is 1.14 bits per heavy atom. The monoisotopic (exact) mass is 515 g/mol. The number of carbonyl (C=O) groups excluding carboxylic acids is 1. The summed E-state index contributed by atoms with van der Waals surface area (Å²) in [5.74, 6) is 0.207. The highest BCUT2D eigenvalue weighted by Crippen LogP contribution is 2.40. The number of carbonyl (C=O) groups is 1. The van der Waals surface area contributed by atoms with Gasteiger partial charge in [-0.15, -0.1) is 11.3 Å². The van der Waals surface area contributed by atoms with Gasteiger partial charge in [0.15, 0.2) is 0 Å². The zero-order valence-electron chi connectivity index (χ0n) is 19.9. The molecule has 0 radical (unpaired) electrons. The molecule has 3 aromatic rings. The Hall–Kier alpha value is -3.20. The van der Waals surface area contributed by atoms with Gasteiger partial charge in [0, 0.05) is 42.4 Å². The van der Waals surface area contributed by atoms with Crippen LogP contribution in [-0.2, 0) is 23.8 Å². The van der Waals surface area contributed by atoms with Gasteiger partial charge in [0.25, 0.3) is 0 Å². The van der Waals surface area contributed by atoms with Gasteiger partial charge < -0.3 is 19.9 Å². The van der Waals surface area contributed by atoms with Crippen LogP contribution in [0.25, 0.3) is 0 Å². The zero-order valence-corrected chi connectivity index (χ0v) is 20.7. The fraction of sp³-hybridized carbons (Fsp3) is 0.370. The first-order valence-electron chi connectivity index (χ1n) is 12.0. The van der Waals surface area contributed by atoms with Crippen LogP contribution in [0.4, 0.5) is 24.5 Å². The van der Waals surface area contributed by atoms with Crippen molar-refractivity contribution >= 4 is 28.6 Å². The van der Waals surface area contributed by atoms with Gasteiger partial charge in [-0.2, -0.15) is 13.2 Å². The molecule has 2 aliphatic heterocycles. The number of rotatable bonds is 6. The van der Waals surface area contributed by atoms with E-state index >= 15 is 0 Å². The van der Waals surface area contributed by atoms with E-state index in [1.807, 2.05) is 41.8 Å². The van der Waals surface area contributed by atoms with Crippen LogP contribution in [0.2, 0.25) is 0 Å². The molecule has 0 aliphatic carbocycles. The van der Waals surface area contributed by atoms with Crippen molar-refractivity contribution in [2.45, 2.75) is 25.1 Å². The second-order valence-corrected chi connectivity index (χ2v) is 10.2. The van der Waals surface area contributed by atoms with Crippen molar-refractivity contribution in [2.75, 3.05) is 43.1 Å². The van der Waals surface area contributed by atoms with Gasteiger partial charge in [0.05, 0.1) is 24.6 Å². The number of fused-ring (bicyclic) bond motifs is 3. The van der Waals surface area contributed by atoms with E-state index in [1.54, 1.807) is 24.5 Å². The van der Waals surface area contributed by atoms with Crippen LogP contribution in [-0.4, -0.2) is 45.2 Å². The van der Waals surface area contributed by atoms with Gasteiger partial charge in [-0.25, -0.2) is 0 Å². The predicted molar refractivity (Wildman–Crippen MR) is 136 cm³/mol. The highest BCUT2D eigenvalue weighted by molar-refractivity contribution is 7.09. The number of methoxy groups -OCH3 is 1. The number of ether oxygens (including phenoxy) is 1. The highest BCUT2D eigenvalue weighted by atomic mass is 32.1. The summed E-state index contributed by atoms with van der Waals surface area (Å²) >= 11 is 1.64. The van der Waals surface area contributed by atoms with Crippen LogP contribution >= 0.6 is 11.3 Å². The van der Waals surface area contributed by atoms with Crippen LogP contribution in [0, 0.1) is 5.92 Å². The molecule has 1 saturated heterocycles. The molecule has 1 aromatic heterocycles. The number of hydrogen-bond acceptors (Lipinski definition) is 5. The molecule has 5 rings (SSSR count). The first-order chi connectivity index (χ1) is 17.3. The lowest BCUT2D eigenvalue weighted by Crippen LogP contribution is -2.61. The van der Waals surface area contributed by atoms with Gasteiger partial charge >= 0.3 is 6.18 Å². The fourth-order valence-electron chi connectivity index (χ4n) is 5.22. The smallest absolute Gasteiger partial charge is 0.416 e. The van der Waals surface area contributed by atoms with E-state index < -0.39 is 17.7 Å². The third-order valence-corrected chi connectivity index (χ3v) is 8.00. The Morgan fingerprint density at radius 2 is 1.94 bits per heavy atom. The Balaban J connectivity index is 1.40. The highest BCUT2D eigenvalue weighted by Gasteiger charge is 2.42. The largest absolute Gasteiger partial charge is 0.497 e. The minimum Gasteiger partial charge on any atom is -0.497 e. The summed E-state index contributed by atoms with van der Waals surface area (Å²) in [6, 6.07) is 15.6. The summed E-state index contributed by atoms with van der Waals surface area (Å²) < 4.78 is 45.6. The van der Waals surface area contributed by atoms with Crippen LogP contribution in [0.5, 0.6) is 5.75 Å². The lowest BCUT2D eigenvalue weighted by Gasteiger charge is -2.49. The molecule has 2 aromatic carbocycles. The lowest BCUT2D eigenvalue weighted by atomic mass is 9.82. The average molecular weight is 516 g/mol. The molecule has 0 unspecified atom stereocenters. The third-order valence-electron chi connectivity index (χ3n) is 7.06. The topological polar surface area (TPSA) is 44.8 Å². The SMILES string of the molecule is COc1ccc(N2CCN3c4ccc(C(F)(F)F)cc4C[C@H](C(=O)NCCc4cccs4)[C@@H]3C2)cc1. The van der Waals surface area contributed by atoms with Gasteiger partial charge in [0.1, 0.15) is 5.75 Å². The lowest BCUT2D eigenvalue weighted by molar-refractivity contribution is -0.137. The molecule has 9 heteroatoms. The Kier molecular flexibility index (Phi) is 6.83. The Morgan fingerprint density at radius 3 is 2.64 bits per heavy atom. The third kappa shape index (κ3) is 5.02. The molecule has 3 heterocycles. The van der Waals surface area contributed by atoms with Gasteiger partial charge in [-0.1, -0.05) is 6.07 Å². The van der Waals surface area contributed by atoms with Crippen molar-refractivity contribution in [1.82, 2.24) is 5.32 Å². The van der Waals surface area contributed by atoms with E-state index in [1.165, 1.54) is 10.9 Å². The Bertz CT molecular complexity index is 1200. The normalized spacial score (nSPS) is 19.4. The van der Waals surface area contributed by atoms with Crippen molar-refractivity contribution in [1.29, 1.82) is 0 Å². The van der Waals surface area contributed by atoms with Gasteiger partial charge in [-0.05, 0) is 72.3 Å². The fourth-order valence-corrected chi connectivity index (χ4v) is 5.93. The molecule has 2 atom stereocenters. The Labute approximate surface area is 212 Å². The quantitative estimate of drug-likeness (QED) is 0.502. The molecular formula is C27H28F3N3O2S. The minimum atomic E-state index is -4.42. The number of nitrogens with one attached hydrogen (secondary N) is 1. The summed E-state index contributed by atoms with van der Waals surface area (Å²) in [7, 11) is 1.62. The zero-order chi connectivity index (χ0) is 25.3. The van der Waals surface area contributed by atoms with Crippen LogP contribution in [0.15, 0.2) is 60.0 Å². The maximum Gasteiger partial charge on any atom is 0.416 e. The number of nitrogens with zero attached hydrogens (tertiary/aromatic N) is 2. The van der Waals surface area contributed by atoms with Crippen molar-refractivity contribution in [3.05, 3.63) is 76.0 Å². The number of amides is 1. The summed E-state index contributed by atoms with van der Waals surface area (Å²) in [5, 5.41) is 5.05. The number of benzene rings is 2.